The Morgan fingerprint density at radius 3 is 2.00 bits per heavy atom. The number of ether oxygens (including phenoxy) is 5. The summed E-state index contributed by atoms with van der Waals surface area (Å²) in [6, 6.07) is 11.1. The van der Waals surface area contributed by atoms with E-state index in [2.05, 4.69) is 70.3 Å². The lowest BCUT2D eigenvalue weighted by atomic mass is 9.89. The third-order valence-electron chi connectivity index (χ3n) is 7.60. The highest BCUT2D eigenvalue weighted by molar-refractivity contribution is 7.10. The molecule has 0 amide bonds. The predicted molar refractivity (Wildman–Crippen MR) is 166 cm³/mol. The summed E-state index contributed by atoms with van der Waals surface area (Å²) in [6.07, 6.45) is 8.19. The Morgan fingerprint density at radius 1 is 0.750 bits per heavy atom. The third-order valence-corrected chi connectivity index (χ3v) is 8.62. The molecule has 5 atom stereocenters. The molecule has 1 aliphatic heterocycles. The van der Waals surface area contributed by atoms with Gasteiger partial charge in [-0.15, -0.1) is 11.3 Å². The van der Waals surface area contributed by atoms with Crippen LogP contribution in [0.5, 0.6) is 0 Å². The molecular formula is C34H54O5S. The Kier molecular flexibility index (Phi) is 15.8. The molecule has 2 aromatic rings. The zero-order valence-corrected chi connectivity index (χ0v) is 26.5. The highest BCUT2D eigenvalue weighted by Crippen LogP contribution is 2.38. The van der Waals surface area contributed by atoms with Crippen molar-refractivity contribution in [2.45, 2.75) is 123 Å². The fourth-order valence-electron chi connectivity index (χ4n) is 5.08. The number of hydrogen-bond donors (Lipinski definition) is 0. The van der Waals surface area contributed by atoms with E-state index >= 15 is 0 Å². The molecular weight excluding hydrogens is 520 g/mol. The third kappa shape index (κ3) is 10.2. The minimum Gasteiger partial charge on any atom is -0.379 e. The van der Waals surface area contributed by atoms with Crippen LogP contribution in [0.4, 0.5) is 0 Å². The molecule has 0 N–H and O–H groups in total. The van der Waals surface area contributed by atoms with E-state index in [1.165, 1.54) is 16.0 Å². The Balaban J connectivity index is 1.94. The van der Waals surface area contributed by atoms with Crippen molar-refractivity contribution in [3.63, 3.8) is 0 Å². The Morgan fingerprint density at radius 2 is 1.38 bits per heavy atom. The number of unbranched alkanes of at least 4 members (excludes halogenated alkanes) is 4. The van der Waals surface area contributed by atoms with Crippen molar-refractivity contribution >= 4 is 11.3 Å². The van der Waals surface area contributed by atoms with Crippen molar-refractivity contribution in [3.05, 3.63) is 57.3 Å². The molecule has 0 radical (unpaired) electrons. The van der Waals surface area contributed by atoms with Crippen LogP contribution in [0.25, 0.3) is 0 Å². The van der Waals surface area contributed by atoms with Gasteiger partial charge in [0.05, 0.1) is 6.61 Å². The molecule has 1 aliphatic rings. The van der Waals surface area contributed by atoms with E-state index < -0.39 is 0 Å². The molecule has 6 heteroatoms. The van der Waals surface area contributed by atoms with Crippen molar-refractivity contribution in [2.75, 3.05) is 33.0 Å². The average Bonchev–Trinajstić information content (AvgIpc) is 3.37. The number of rotatable bonds is 20. The molecule has 0 saturated carbocycles. The summed E-state index contributed by atoms with van der Waals surface area (Å²) in [6.45, 7) is 14.3. The summed E-state index contributed by atoms with van der Waals surface area (Å²) in [5.41, 5.74) is 3.79. The van der Waals surface area contributed by atoms with Crippen LogP contribution in [0.3, 0.4) is 0 Å². The maximum atomic E-state index is 6.94. The zero-order chi connectivity index (χ0) is 28.6. The molecule has 1 saturated heterocycles. The first-order chi connectivity index (χ1) is 19.6. The molecule has 2 heterocycles. The van der Waals surface area contributed by atoms with Gasteiger partial charge < -0.3 is 23.7 Å². The predicted octanol–water partition coefficient (Wildman–Crippen LogP) is 8.46. The molecule has 0 bridgehead atoms. The fourth-order valence-corrected chi connectivity index (χ4v) is 6.02. The van der Waals surface area contributed by atoms with Gasteiger partial charge in [-0.2, -0.15) is 0 Å². The fraction of sp³-hybridized carbons (Fsp3) is 0.706. The molecule has 1 fully saturated rings. The molecule has 1 aromatic carbocycles. The molecule has 40 heavy (non-hydrogen) atoms. The van der Waals surface area contributed by atoms with E-state index in [9.17, 15) is 0 Å². The first kappa shape index (κ1) is 33.2. The Bertz CT molecular complexity index is 931. The largest absolute Gasteiger partial charge is 0.379 e. The van der Waals surface area contributed by atoms with Crippen LogP contribution in [-0.2, 0) is 30.1 Å². The van der Waals surface area contributed by atoms with Gasteiger partial charge in [-0.1, -0.05) is 77.6 Å². The van der Waals surface area contributed by atoms with E-state index in [4.69, 9.17) is 23.7 Å². The van der Waals surface area contributed by atoms with Gasteiger partial charge >= 0.3 is 0 Å². The second kappa shape index (κ2) is 19.0. The van der Waals surface area contributed by atoms with E-state index in [0.717, 1.165) is 70.0 Å². The molecule has 5 nitrogen and oxygen atoms in total. The highest BCUT2D eigenvalue weighted by Gasteiger charge is 2.48. The highest BCUT2D eigenvalue weighted by atomic mass is 32.1. The van der Waals surface area contributed by atoms with Crippen molar-refractivity contribution < 1.29 is 23.7 Å². The summed E-state index contributed by atoms with van der Waals surface area (Å²) in [4.78, 5) is 1.41. The summed E-state index contributed by atoms with van der Waals surface area (Å²) in [5.74, 6) is 0. The number of thiophene rings is 1. The minimum atomic E-state index is -0.251. The molecule has 0 spiro atoms. The second-order valence-corrected chi connectivity index (χ2v) is 12.0. The summed E-state index contributed by atoms with van der Waals surface area (Å²) in [7, 11) is 0. The standard InChI is InChI=1S/C34H54O5S/c1-6-10-18-35-25-29-32(36-19-11-7-2)34(38-21-13-9-4)33(37-20-12-8-3)31(39-29)28-16-14-15-27(23-28)24-30-26(5)17-22-40-30/h14-17,22-23,29,31-34H,6-13,18-21,24-25H2,1-5H3/t29?,31-,32+,33-,34?/m0/s1. The Labute approximate surface area is 247 Å². The van der Waals surface area contributed by atoms with E-state index in [0.29, 0.717) is 26.4 Å². The molecule has 0 aliphatic carbocycles. The van der Waals surface area contributed by atoms with Crippen molar-refractivity contribution in [1.82, 2.24) is 0 Å². The van der Waals surface area contributed by atoms with E-state index in [-0.39, 0.29) is 30.5 Å². The minimum absolute atomic E-state index is 0.220. The smallest absolute Gasteiger partial charge is 0.117 e. The molecule has 1 aromatic heterocycles. The lowest BCUT2D eigenvalue weighted by Gasteiger charge is -2.46. The van der Waals surface area contributed by atoms with E-state index in [1.807, 2.05) is 11.3 Å². The van der Waals surface area contributed by atoms with Crippen LogP contribution >= 0.6 is 11.3 Å². The van der Waals surface area contributed by atoms with Gasteiger partial charge in [0.2, 0.25) is 0 Å². The van der Waals surface area contributed by atoms with Crippen molar-refractivity contribution in [1.29, 1.82) is 0 Å². The number of aryl methyl sites for hydroxylation is 1. The van der Waals surface area contributed by atoms with Gasteiger partial charge in [0.25, 0.3) is 0 Å². The quantitative estimate of drug-likeness (QED) is 0.148. The van der Waals surface area contributed by atoms with Gasteiger partial charge in [0, 0.05) is 37.7 Å². The molecule has 2 unspecified atom stereocenters. The Hall–Kier alpha value is -1.28. The van der Waals surface area contributed by atoms with Gasteiger partial charge in [-0.25, -0.2) is 0 Å². The maximum absolute atomic E-state index is 6.94. The van der Waals surface area contributed by atoms with Crippen LogP contribution in [0, 0.1) is 6.92 Å². The van der Waals surface area contributed by atoms with Crippen LogP contribution in [0.15, 0.2) is 35.7 Å². The first-order valence-corrected chi connectivity index (χ1v) is 16.7. The average molecular weight is 575 g/mol. The normalized spacial score (nSPS) is 23.1. The monoisotopic (exact) mass is 574 g/mol. The second-order valence-electron chi connectivity index (χ2n) is 11.0. The number of hydrogen-bond acceptors (Lipinski definition) is 6. The molecule has 226 valence electrons. The van der Waals surface area contributed by atoms with Crippen LogP contribution < -0.4 is 0 Å². The molecule has 3 rings (SSSR count). The lowest BCUT2D eigenvalue weighted by Crippen LogP contribution is -2.58. The van der Waals surface area contributed by atoms with Crippen LogP contribution in [0.1, 0.15) is 107 Å². The van der Waals surface area contributed by atoms with Crippen LogP contribution in [0.2, 0.25) is 0 Å². The zero-order valence-electron chi connectivity index (χ0n) is 25.7. The SMILES string of the molecule is CCCCOCC1O[C@@H](c2cccc(Cc3sccc3C)c2)[C@H](OCCCC)C(OCCCC)[C@@H]1OCCCC. The van der Waals surface area contributed by atoms with Gasteiger partial charge in [0.15, 0.2) is 0 Å². The topological polar surface area (TPSA) is 46.2 Å². The summed E-state index contributed by atoms with van der Waals surface area (Å²) in [5, 5.41) is 2.18. The van der Waals surface area contributed by atoms with Crippen molar-refractivity contribution in [2.24, 2.45) is 0 Å². The van der Waals surface area contributed by atoms with Crippen molar-refractivity contribution in [3.8, 4) is 0 Å². The lowest BCUT2D eigenvalue weighted by molar-refractivity contribution is -0.268. The summed E-state index contributed by atoms with van der Waals surface area (Å²) < 4.78 is 33.0. The first-order valence-electron chi connectivity index (χ1n) is 15.8. The van der Waals surface area contributed by atoms with Gasteiger partial charge in [-0.05, 0) is 60.7 Å². The number of benzene rings is 1. The van der Waals surface area contributed by atoms with Crippen LogP contribution in [-0.4, -0.2) is 57.5 Å². The van der Waals surface area contributed by atoms with Gasteiger partial charge in [-0.3, -0.25) is 0 Å². The van der Waals surface area contributed by atoms with E-state index in [1.54, 1.807) is 0 Å². The van der Waals surface area contributed by atoms with Gasteiger partial charge in [0.1, 0.15) is 30.5 Å². The maximum Gasteiger partial charge on any atom is 0.117 e. The summed E-state index contributed by atoms with van der Waals surface area (Å²) >= 11 is 1.83.